The molecule has 94 valence electrons. The first-order chi connectivity index (χ1) is 8.50. The summed E-state index contributed by atoms with van der Waals surface area (Å²) < 4.78 is 6.91. The first kappa shape index (κ1) is 12.0. The predicted molar refractivity (Wildman–Crippen MR) is 64.6 cm³/mol. The smallest absolute Gasteiger partial charge is 0.256 e. The maximum atomic E-state index is 11.4. The molecule has 0 saturated heterocycles. The molecule has 0 unspecified atom stereocenters. The van der Waals surface area contributed by atoms with Crippen LogP contribution in [0.1, 0.15) is 16.1 Å². The van der Waals surface area contributed by atoms with E-state index in [0.29, 0.717) is 5.69 Å². The summed E-state index contributed by atoms with van der Waals surface area (Å²) in [5.74, 6) is -0.192. The number of aryl methyl sites for hydroxylation is 2. The van der Waals surface area contributed by atoms with E-state index in [-0.39, 0.29) is 22.9 Å². The van der Waals surface area contributed by atoms with Gasteiger partial charge in [-0.25, -0.2) is 4.68 Å². The highest BCUT2D eigenvalue weighted by molar-refractivity contribution is 5.96. The minimum Gasteiger partial charge on any atom is -0.504 e. The Bertz CT molecular complexity index is 605. The van der Waals surface area contributed by atoms with Gasteiger partial charge in [0.2, 0.25) is 5.88 Å². The van der Waals surface area contributed by atoms with Crippen molar-refractivity contribution >= 4 is 5.91 Å². The molecule has 0 fully saturated rings. The van der Waals surface area contributed by atoms with Crippen molar-refractivity contribution < 1.29 is 14.6 Å². The highest BCUT2D eigenvalue weighted by Crippen LogP contribution is 2.32. The topological polar surface area (TPSA) is 90.4 Å². The van der Waals surface area contributed by atoms with E-state index in [9.17, 15) is 9.90 Å². The third-order valence-electron chi connectivity index (χ3n) is 2.49. The van der Waals surface area contributed by atoms with Gasteiger partial charge in [-0.3, -0.25) is 4.79 Å². The number of nitrogens with two attached hydrogens (primary N) is 1. The van der Waals surface area contributed by atoms with Crippen molar-refractivity contribution in [3.63, 3.8) is 0 Å². The van der Waals surface area contributed by atoms with Gasteiger partial charge in [-0.2, -0.15) is 5.10 Å². The van der Waals surface area contributed by atoms with Gasteiger partial charge in [0.1, 0.15) is 5.56 Å². The summed E-state index contributed by atoms with van der Waals surface area (Å²) in [6.07, 6.45) is 0. The SMILES string of the molecule is Cc1nn(C)c(Oc2ccccc2O)c1C(N)=O. The second-order valence-corrected chi connectivity index (χ2v) is 3.82. The molecule has 1 amide bonds. The van der Waals surface area contributed by atoms with Crippen LogP contribution in [0, 0.1) is 6.92 Å². The lowest BCUT2D eigenvalue weighted by atomic mass is 10.2. The van der Waals surface area contributed by atoms with Crippen molar-refractivity contribution in [2.45, 2.75) is 6.92 Å². The quantitative estimate of drug-likeness (QED) is 0.855. The third kappa shape index (κ3) is 2.00. The molecule has 0 aliphatic heterocycles. The van der Waals surface area contributed by atoms with Crippen LogP contribution < -0.4 is 10.5 Å². The molecule has 0 saturated carbocycles. The van der Waals surface area contributed by atoms with Crippen LogP contribution in [-0.2, 0) is 7.05 Å². The summed E-state index contributed by atoms with van der Waals surface area (Å²) in [6.45, 7) is 1.66. The van der Waals surface area contributed by atoms with Gasteiger partial charge in [0.05, 0.1) is 5.69 Å². The molecule has 1 aromatic heterocycles. The Morgan fingerprint density at radius 3 is 2.72 bits per heavy atom. The molecule has 18 heavy (non-hydrogen) atoms. The van der Waals surface area contributed by atoms with Crippen LogP contribution in [-0.4, -0.2) is 20.8 Å². The van der Waals surface area contributed by atoms with E-state index >= 15 is 0 Å². The Morgan fingerprint density at radius 1 is 1.44 bits per heavy atom. The van der Waals surface area contributed by atoms with E-state index in [2.05, 4.69) is 5.10 Å². The number of aromatic nitrogens is 2. The van der Waals surface area contributed by atoms with Gasteiger partial charge < -0.3 is 15.6 Å². The lowest BCUT2D eigenvalue weighted by molar-refractivity contribution is 0.0997. The van der Waals surface area contributed by atoms with Crippen LogP contribution in [0.5, 0.6) is 17.4 Å². The van der Waals surface area contributed by atoms with E-state index in [0.717, 1.165) is 0 Å². The Morgan fingerprint density at radius 2 is 2.11 bits per heavy atom. The summed E-state index contributed by atoms with van der Waals surface area (Å²) in [6, 6.07) is 6.46. The third-order valence-corrected chi connectivity index (χ3v) is 2.49. The molecular weight excluding hydrogens is 234 g/mol. The van der Waals surface area contributed by atoms with E-state index < -0.39 is 5.91 Å². The number of benzene rings is 1. The van der Waals surface area contributed by atoms with Gasteiger partial charge in [-0.15, -0.1) is 0 Å². The largest absolute Gasteiger partial charge is 0.504 e. The summed E-state index contributed by atoms with van der Waals surface area (Å²) >= 11 is 0. The van der Waals surface area contributed by atoms with Crippen molar-refractivity contribution in [2.75, 3.05) is 0 Å². The van der Waals surface area contributed by atoms with Crippen molar-refractivity contribution in [3.8, 4) is 17.4 Å². The molecule has 1 heterocycles. The molecule has 1 aromatic carbocycles. The summed E-state index contributed by atoms with van der Waals surface area (Å²) in [5.41, 5.74) is 5.98. The Hall–Kier alpha value is -2.50. The van der Waals surface area contributed by atoms with E-state index in [1.807, 2.05) is 0 Å². The molecule has 0 radical (unpaired) electrons. The van der Waals surface area contributed by atoms with Crippen molar-refractivity contribution in [1.82, 2.24) is 9.78 Å². The number of phenols is 1. The fourth-order valence-electron chi connectivity index (χ4n) is 1.69. The second-order valence-electron chi connectivity index (χ2n) is 3.82. The van der Waals surface area contributed by atoms with Gasteiger partial charge >= 0.3 is 0 Å². The summed E-state index contributed by atoms with van der Waals surface area (Å²) in [7, 11) is 1.63. The van der Waals surface area contributed by atoms with Crippen LogP contribution in [0.2, 0.25) is 0 Å². The molecule has 6 heteroatoms. The van der Waals surface area contributed by atoms with Gasteiger partial charge in [-0.1, -0.05) is 12.1 Å². The summed E-state index contributed by atoms with van der Waals surface area (Å²) in [4.78, 5) is 11.4. The zero-order valence-corrected chi connectivity index (χ0v) is 10.0. The lowest BCUT2D eigenvalue weighted by Gasteiger charge is -2.08. The van der Waals surface area contributed by atoms with E-state index in [1.54, 1.807) is 32.2 Å². The maximum absolute atomic E-state index is 11.4. The number of ether oxygens (including phenoxy) is 1. The molecule has 0 aliphatic rings. The number of carbonyl (C=O) groups is 1. The number of nitrogens with zero attached hydrogens (tertiary/aromatic N) is 2. The van der Waals surface area contributed by atoms with Crippen LogP contribution in [0.15, 0.2) is 24.3 Å². The molecule has 2 rings (SSSR count). The number of aromatic hydroxyl groups is 1. The second kappa shape index (κ2) is 4.40. The number of rotatable bonds is 3. The van der Waals surface area contributed by atoms with Crippen molar-refractivity contribution in [3.05, 3.63) is 35.5 Å². The van der Waals surface area contributed by atoms with E-state index in [4.69, 9.17) is 10.5 Å². The molecule has 3 N–H and O–H groups in total. The van der Waals surface area contributed by atoms with Crippen molar-refractivity contribution in [2.24, 2.45) is 12.8 Å². The lowest BCUT2D eigenvalue weighted by Crippen LogP contribution is -2.13. The van der Waals surface area contributed by atoms with Crippen LogP contribution >= 0.6 is 0 Å². The van der Waals surface area contributed by atoms with Gasteiger partial charge in [0, 0.05) is 7.05 Å². The number of hydrogen-bond acceptors (Lipinski definition) is 4. The number of amides is 1. The monoisotopic (exact) mass is 247 g/mol. The number of carbonyl (C=O) groups excluding carboxylic acids is 1. The summed E-state index contributed by atoms with van der Waals surface area (Å²) in [5, 5.41) is 13.7. The molecule has 0 spiro atoms. The molecule has 0 atom stereocenters. The molecule has 6 nitrogen and oxygen atoms in total. The Balaban J connectivity index is 2.47. The number of primary amides is 1. The van der Waals surface area contributed by atoms with Crippen LogP contribution in [0.4, 0.5) is 0 Å². The average molecular weight is 247 g/mol. The van der Waals surface area contributed by atoms with Gasteiger partial charge in [0.25, 0.3) is 5.91 Å². The highest BCUT2D eigenvalue weighted by Gasteiger charge is 2.20. The average Bonchev–Trinajstić information content (AvgIpc) is 2.57. The number of hydrogen-bond donors (Lipinski definition) is 2. The van der Waals surface area contributed by atoms with Crippen LogP contribution in [0.25, 0.3) is 0 Å². The van der Waals surface area contributed by atoms with Gasteiger partial charge in [0.15, 0.2) is 11.5 Å². The fourth-order valence-corrected chi connectivity index (χ4v) is 1.69. The van der Waals surface area contributed by atoms with Gasteiger partial charge in [-0.05, 0) is 19.1 Å². The molecule has 0 aliphatic carbocycles. The number of para-hydroxylation sites is 2. The standard InChI is InChI=1S/C12H13N3O3/c1-7-10(11(13)17)12(15(2)14-7)18-9-6-4-3-5-8(9)16/h3-6,16H,1-2H3,(H2,13,17). The predicted octanol–water partition coefficient (Wildman–Crippen LogP) is 1.33. The maximum Gasteiger partial charge on any atom is 0.256 e. The zero-order chi connectivity index (χ0) is 13.3. The molecular formula is C12H13N3O3. The minimum atomic E-state index is -0.619. The molecule has 2 aromatic rings. The minimum absolute atomic E-state index is 0.0215. The normalized spacial score (nSPS) is 10.3. The van der Waals surface area contributed by atoms with E-state index in [1.165, 1.54) is 10.7 Å². The zero-order valence-electron chi connectivity index (χ0n) is 10.0. The highest BCUT2D eigenvalue weighted by atomic mass is 16.5. The number of phenolic OH excluding ortho intramolecular Hbond substituents is 1. The first-order valence-corrected chi connectivity index (χ1v) is 5.30. The Labute approximate surface area is 104 Å². The fraction of sp³-hybridized carbons (Fsp3) is 0.167. The Kier molecular flexibility index (Phi) is 2.93. The van der Waals surface area contributed by atoms with Crippen molar-refractivity contribution in [1.29, 1.82) is 0 Å². The molecule has 0 bridgehead atoms. The first-order valence-electron chi connectivity index (χ1n) is 5.30. The van der Waals surface area contributed by atoms with Crippen LogP contribution in [0.3, 0.4) is 0 Å².